The minimum absolute atomic E-state index is 0.0783. The van der Waals surface area contributed by atoms with Crippen LogP contribution in [0.15, 0.2) is 0 Å². The fourth-order valence-electron chi connectivity index (χ4n) is 2.03. The van der Waals surface area contributed by atoms with Gasteiger partial charge in [-0.15, -0.1) is 0 Å². The third-order valence-corrected chi connectivity index (χ3v) is 3.07. The lowest BCUT2D eigenvalue weighted by Crippen LogP contribution is -2.33. The van der Waals surface area contributed by atoms with Crippen molar-refractivity contribution in [2.24, 2.45) is 5.73 Å². The van der Waals surface area contributed by atoms with E-state index in [9.17, 15) is 4.79 Å². The van der Waals surface area contributed by atoms with E-state index in [2.05, 4.69) is 0 Å². The molecule has 0 radical (unpaired) electrons. The second-order valence-electron chi connectivity index (χ2n) is 5.59. The molecular weight excluding hydrogens is 202 g/mol. The largest absolute Gasteiger partial charge is 0.462 e. The number of hydrogen-bond acceptors (Lipinski definition) is 3. The topological polar surface area (TPSA) is 52.3 Å². The molecular formula is C13H25NO2. The zero-order chi connectivity index (χ0) is 12.0. The fraction of sp³-hybridized carbons (Fsp3) is 0.923. The van der Waals surface area contributed by atoms with Crippen molar-refractivity contribution >= 4 is 5.97 Å². The molecule has 0 aromatic heterocycles. The molecule has 1 rings (SSSR count). The minimum Gasteiger partial charge on any atom is -0.462 e. The lowest BCUT2D eigenvalue weighted by molar-refractivity contribution is -0.150. The molecule has 0 heterocycles. The smallest absolute Gasteiger partial charge is 0.306 e. The molecule has 1 aliphatic carbocycles. The van der Waals surface area contributed by atoms with Crippen LogP contribution in [0, 0.1) is 0 Å². The van der Waals surface area contributed by atoms with Crippen LogP contribution in [-0.4, -0.2) is 17.6 Å². The second-order valence-corrected chi connectivity index (χ2v) is 5.59. The van der Waals surface area contributed by atoms with E-state index in [1.807, 2.05) is 13.8 Å². The Labute approximate surface area is 98.7 Å². The van der Waals surface area contributed by atoms with Crippen LogP contribution in [0.25, 0.3) is 0 Å². The summed E-state index contributed by atoms with van der Waals surface area (Å²) in [6, 6.07) is 0. The van der Waals surface area contributed by atoms with Crippen molar-refractivity contribution < 1.29 is 9.53 Å². The first kappa shape index (κ1) is 13.5. The molecule has 0 aromatic rings. The highest BCUT2D eigenvalue weighted by atomic mass is 16.5. The van der Waals surface area contributed by atoms with Crippen molar-refractivity contribution in [3.63, 3.8) is 0 Å². The first-order chi connectivity index (χ1) is 7.47. The number of ether oxygens (including phenoxy) is 1. The van der Waals surface area contributed by atoms with Crippen molar-refractivity contribution in [1.29, 1.82) is 0 Å². The first-order valence-corrected chi connectivity index (χ1v) is 6.46. The predicted molar refractivity (Wildman–Crippen MR) is 65.1 cm³/mol. The third kappa shape index (κ3) is 6.11. The third-order valence-electron chi connectivity index (χ3n) is 3.07. The number of rotatable bonds is 4. The Morgan fingerprint density at radius 1 is 1.25 bits per heavy atom. The van der Waals surface area contributed by atoms with Gasteiger partial charge in [0, 0.05) is 12.0 Å². The maximum atomic E-state index is 11.6. The summed E-state index contributed by atoms with van der Waals surface area (Å²) in [5, 5.41) is 0. The molecule has 3 heteroatoms. The molecule has 0 aromatic carbocycles. The summed E-state index contributed by atoms with van der Waals surface area (Å²) in [4.78, 5) is 11.6. The average Bonchev–Trinajstić information content (AvgIpc) is 2.42. The van der Waals surface area contributed by atoms with Gasteiger partial charge >= 0.3 is 5.97 Å². The molecule has 94 valence electrons. The summed E-state index contributed by atoms with van der Waals surface area (Å²) in [5.41, 5.74) is 5.56. The number of carbonyl (C=O) groups excluding carboxylic acids is 1. The van der Waals surface area contributed by atoms with Gasteiger partial charge in [0.15, 0.2) is 0 Å². The van der Waals surface area contributed by atoms with Crippen molar-refractivity contribution in [3.05, 3.63) is 0 Å². The molecule has 3 nitrogen and oxygen atoms in total. The van der Waals surface area contributed by atoms with E-state index in [0.717, 1.165) is 12.8 Å². The SMILES string of the molecule is CC(C)(N)CCC(=O)OC1CCCCCC1. The van der Waals surface area contributed by atoms with Gasteiger partial charge in [0.25, 0.3) is 0 Å². The fourth-order valence-corrected chi connectivity index (χ4v) is 2.03. The molecule has 0 saturated heterocycles. The molecule has 1 saturated carbocycles. The molecule has 1 fully saturated rings. The van der Waals surface area contributed by atoms with Gasteiger partial charge in [-0.2, -0.15) is 0 Å². The standard InChI is InChI=1S/C13H25NO2/c1-13(2,14)10-9-12(15)16-11-7-5-3-4-6-8-11/h11H,3-10,14H2,1-2H3. The van der Waals surface area contributed by atoms with E-state index in [0.29, 0.717) is 12.8 Å². The quantitative estimate of drug-likeness (QED) is 0.593. The van der Waals surface area contributed by atoms with Gasteiger partial charge in [0.05, 0.1) is 0 Å². The Hall–Kier alpha value is -0.570. The summed E-state index contributed by atoms with van der Waals surface area (Å²) in [6.07, 6.45) is 8.33. The van der Waals surface area contributed by atoms with Crippen LogP contribution < -0.4 is 5.73 Å². The highest BCUT2D eigenvalue weighted by Crippen LogP contribution is 2.20. The zero-order valence-electron chi connectivity index (χ0n) is 10.6. The summed E-state index contributed by atoms with van der Waals surface area (Å²) >= 11 is 0. The molecule has 0 atom stereocenters. The summed E-state index contributed by atoms with van der Waals surface area (Å²) in [7, 11) is 0. The van der Waals surface area contributed by atoms with E-state index >= 15 is 0 Å². The van der Waals surface area contributed by atoms with Gasteiger partial charge in [-0.3, -0.25) is 4.79 Å². The van der Waals surface area contributed by atoms with E-state index in [4.69, 9.17) is 10.5 Å². The highest BCUT2D eigenvalue weighted by molar-refractivity contribution is 5.69. The molecule has 0 amide bonds. The van der Waals surface area contributed by atoms with E-state index in [-0.39, 0.29) is 17.6 Å². The number of nitrogens with two attached hydrogens (primary N) is 1. The van der Waals surface area contributed by atoms with Crippen LogP contribution in [0.4, 0.5) is 0 Å². The molecule has 0 unspecified atom stereocenters. The Balaban J connectivity index is 2.22. The predicted octanol–water partition coefficient (Wildman–Crippen LogP) is 2.77. The van der Waals surface area contributed by atoms with Crippen LogP contribution in [0.2, 0.25) is 0 Å². The lowest BCUT2D eigenvalue weighted by Gasteiger charge is -2.19. The molecule has 16 heavy (non-hydrogen) atoms. The van der Waals surface area contributed by atoms with Crippen LogP contribution in [0.3, 0.4) is 0 Å². The Kier molecular flexibility index (Phi) is 5.26. The second kappa shape index (κ2) is 6.24. The first-order valence-electron chi connectivity index (χ1n) is 6.46. The van der Waals surface area contributed by atoms with Gasteiger partial charge in [0.1, 0.15) is 6.10 Å². The molecule has 1 aliphatic rings. The Bertz CT molecular complexity index is 212. The van der Waals surface area contributed by atoms with Crippen molar-refractivity contribution in [2.75, 3.05) is 0 Å². The summed E-state index contributed by atoms with van der Waals surface area (Å²) in [6.45, 7) is 3.87. The maximum Gasteiger partial charge on any atom is 0.306 e. The van der Waals surface area contributed by atoms with Crippen molar-refractivity contribution in [2.45, 2.75) is 76.9 Å². The highest BCUT2D eigenvalue weighted by Gasteiger charge is 2.18. The molecule has 0 bridgehead atoms. The van der Waals surface area contributed by atoms with Gasteiger partial charge in [-0.1, -0.05) is 12.8 Å². The van der Waals surface area contributed by atoms with E-state index < -0.39 is 0 Å². The van der Waals surface area contributed by atoms with E-state index in [1.165, 1.54) is 25.7 Å². The van der Waals surface area contributed by atoms with Gasteiger partial charge < -0.3 is 10.5 Å². The number of hydrogen-bond donors (Lipinski definition) is 1. The van der Waals surface area contributed by atoms with Crippen molar-refractivity contribution in [1.82, 2.24) is 0 Å². The van der Waals surface area contributed by atoms with Gasteiger partial charge in [0.2, 0.25) is 0 Å². The lowest BCUT2D eigenvalue weighted by atomic mass is 10.0. The van der Waals surface area contributed by atoms with Crippen LogP contribution in [0.1, 0.15) is 65.2 Å². The number of carbonyl (C=O) groups is 1. The summed E-state index contributed by atoms with van der Waals surface area (Å²) in [5.74, 6) is -0.0783. The average molecular weight is 227 g/mol. The van der Waals surface area contributed by atoms with Crippen LogP contribution in [-0.2, 0) is 9.53 Å². The Morgan fingerprint density at radius 3 is 2.31 bits per heavy atom. The minimum atomic E-state index is -0.275. The number of esters is 1. The summed E-state index contributed by atoms with van der Waals surface area (Å²) < 4.78 is 5.47. The monoisotopic (exact) mass is 227 g/mol. The maximum absolute atomic E-state index is 11.6. The van der Waals surface area contributed by atoms with Crippen molar-refractivity contribution in [3.8, 4) is 0 Å². The molecule has 0 aliphatic heterocycles. The van der Waals surface area contributed by atoms with Gasteiger partial charge in [-0.05, 0) is 46.0 Å². The van der Waals surface area contributed by atoms with Crippen LogP contribution >= 0.6 is 0 Å². The van der Waals surface area contributed by atoms with Gasteiger partial charge in [-0.25, -0.2) is 0 Å². The van der Waals surface area contributed by atoms with Crippen LogP contribution in [0.5, 0.6) is 0 Å². The molecule has 2 N–H and O–H groups in total. The molecule has 0 spiro atoms. The Morgan fingerprint density at radius 2 is 1.81 bits per heavy atom. The zero-order valence-corrected chi connectivity index (χ0v) is 10.6. The normalized spacial score (nSPS) is 19.2. The van der Waals surface area contributed by atoms with E-state index in [1.54, 1.807) is 0 Å².